The predicted octanol–water partition coefficient (Wildman–Crippen LogP) is 1.21. The lowest BCUT2D eigenvalue weighted by molar-refractivity contribution is -0.119. The highest BCUT2D eigenvalue weighted by Crippen LogP contribution is 2.28. The van der Waals surface area contributed by atoms with Crippen molar-refractivity contribution in [2.75, 3.05) is 60.9 Å². The van der Waals surface area contributed by atoms with Crippen LogP contribution in [0.1, 0.15) is 11.9 Å². The average molecular weight is 492 g/mol. The van der Waals surface area contributed by atoms with Gasteiger partial charge in [0, 0.05) is 33.1 Å². The standard InChI is InChI=1S/C21H26FN7O4S/c1-13(30)23-10-16-11-29(21(32)33-16)15-3-4-18(17(22)9-15)28-7-5-27(6-8-28)12-19(31)24-20-26-25-14(2)34-20/h3-4,9,16H,5-8,10-12H2,1-2H3,(H,23,30)(H,24,26,31)/t16-/m0/s1. The molecule has 2 aliphatic heterocycles. The van der Waals surface area contributed by atoms with E-state index in [2.05, 4.69) is 20.8 Å². The molecule has 0 radical (unpaired) electrons. The van der Waals surface area contributed by atoms with E-state index in [0.717, 1.165) is 5.01 Å². The van der Waals surface area contributed by atoms with Crippen molar-refractivity contribution in [1.82, 2.24) is 20.4 Å². The number of nitrogens with one attached hydrogen (secondary N) is 2. The van der Waals surface area contributed by atoms with Crippen LogP contribution in [0.5, 0.6) is 0 Å². The number of ether oxygens (including phenoxy) is 1. The first kappa shape index (κ1) is 23.8. The number of rotatable bonds is 7. The SMILES string of the molecule is CC(=O)NC[C@H]1CN(c2ccc(N3CCN(CC(=O)Nc4nnc(C)s4)CC3)c(F)c2)C(=O)O1. The Labute approximate surface area is 199 Å². The first-order valence-corrected chi connectivity index (χ1v) is 11.7. The summed E-state index contributed by atoms with van der Waals surface area (Å²) < 4.78 is 20.2. The van der Waals surface area contributed by atoms with Crippen molar-refractivity contribution in [3.8, 4) is 0 Å². The van der Waals surface area contributed by atoms with E-state index in [1.807, 2.05) is 16.7 Å². The second-order valence-corrected chi connectivity index (χ2v) is 9.31. The Bertz CT molecular complexity index is 1070. The molecule has 1 aromatic heterocycles. The third-order valence-corrected chi connectivity index (χ3v) is 6.30. The lowest BCUT2D eigenvalue weighted by Gasteiger charge is -2.36. The van der Waals surface area contributed by atoms with Crippen LogP contribution in [0.3, 0.4) is 0 Å². The zero-order chi connectivity index (χ0) is 24.2. The Kier molecular flexibility index (Phi) is 7.22. The monoisotopic (exact) mass is 491 g/mol. The van der Waals surface area contributed by atoms with E-state index in [4.69, 9.17) is 4.74 Å². The van der Waals surface area contributed by atoms with Gasteiger partial charge in [-0.15, -0.1) is 10.2 Å². The Hall–Kier alpha value is -3.32. The molecule has 3 heterocycles. The second-order valence-electron chi connectivity index (χ2n) is 8.13. The Morgan fingerprint density at radius 2 is 2.00 bits per heavy atom. The molecule has 34 heavy (non-hydrogen) atoms. The van der Waals surface area contributed by atoms with Gasteiger partial charge in [-0.3, -0.25) is 24.7 Å². The van der Waals surface area contributed by atoms with E-state index in [0.29, 0.717) is 42.7 Å². The Balaban J connectivity index is 1.29. The molecule has 0 unspecified atom stereocenters. The highest BCUT2D eigenvalue weighted by atomic mass is 32.1. The van der Waals surface area contributed by atoms with Crippen molar-refractivity contribution in [1.29, 1.82) is 0 Å². The molecule has 4 rings (SSSR count). The zero-order valence-electron chi connectivity index (χ0n) is 18.9. The van der Waals surface area contributed by atoms with Crippen molar-refractivity contribution in [3.63, 3.8) is 0 Å². The van der Waals surface area contributed by atoms with E-state index >= 15 is 0 Å². The maximum absolute atomic E-state index is 15.0. The number of cyclic esters (lactones) is 1. The zero-order valence-corrected chi connectivity index (χ0v) is 19.7. The minimum Gasteiger partial charge on any atom is -0.442 e. The maximum atomic E-state index is 15.0. The molecular formula is C21H26FN7O4S. The summed E-state index contributed by atoms with van der Waals surface area (Å²) in [4.78, 5) is 40.8. The smallest absolute Gasteiger partial charge is 0.414 e. The fourth-order valence-electron chi connectivity index (χ4n) is 3.87. The van der Waals surface area contributed by atoms with Crippen LogP contribution in [0.2, 0.25) is 0 Å². The summed E-state index contributed by atoms with van der Waals surface area (Å²) >= 11 is 1.32. The van der Waals surface area contributed by atoms with Crippen LogP contribution in [0.25, 0.3) is 0 Å². The van der Waals surface area contributed by atoms with Crippen LogP contribution in [0, 0.1) is 12.7 Å². The van der Waals surface area contributed by atoms with Crippen LogP contribution in [-0.2, 0) is 14.3 Å². The first-order chi connectivity index (χ1) is 16.3. The summed E-state index contributed by atoms with van der Waals surface area (Å²) in [5, 5.41) is 14.4. The number of halogens is 1. The van der Waals surface area contributed by atoms with Crippen molar-refractivity contribution in [2.24, 2.45) is 0 Å². The normalized spacial score (nSPS) is 18.7. The van der Waals surface area contributed by atoms with Crippen LogP contribution < -0.4 is 20.4 Å². The molecule has 2 N–H and O–H groups in total. The number of carbonyl (C=O) groups excluding carboxylic acids is 3. The summed E-state index contributed by atoms with van der Waals surface area (Å²) in [6.07, 6.45) is -1.06. The van der Waals surface area contributed by atoms with Gasteiger partial charge in [-0.1, -0.05) is 11.3 Å². The molecule has 182 valence electrons. The number of carbonyl (C=O) groups is 3. The molecule has 1 aromatic carbocycles. The van der Waals surface area contributed by atoms with Gasteiger partial charge in [0.15, 0.2) is 0 Å². The molecule has 13 heteroatoms. The fraction of sp³-hybridized carbons (Fsp3) is 0.476. The Morgan fingerprint density at radius 1 is 1.24 bits per heavy atom. The van der Waals surface area contributed by atoms with Crippen molar-refractivity contribution in [2.45, 2.75) is 20.0 Å². The number of hydrogen-bond acceptors (Lipinski definition) is 9. The molecule has 1 atom stereocenters. The molecule has 0 saturated carbocycles. The van der Waals surface area contributed by atoms with Crippen LogP contribution in [-0.4, -0.2) is 84.9 Å². The lowest BCUT2D eigenvalue weighted by atomic mass is 10.2. The van der Waals surface area contributed by atoms with Gasteiger partial charge in [-0.25, -0.2) is 9.18 Å². The summed E-state index contributed by atoms with van der Waals surface area (Å²) in [5.74, 6) is -0.805. The van der Waals surface area contributed by atoms with Crippen molar-refractivity contribution in [3.05, 3.63) is 29.0 Å². The van der Waals surface area contributed by atoms with Gasteiger partial charge in [0.2, 0.25) is 16.9 Å². The van der Waals surface area contributed by atoms with Crippen LogP contribution in [0.15, 0.2) is 18.2 Å². The number of hydrogen-bond donors (Lipinski definition) is 2. The third kappa shape index (κ3) is 5.78. The minimum atomic E-state index is -0.571. The molecule has 2 saturated heterocycles. The highest BCUT2D eigenvalue weighted by molar-refractivity contribution is 7.15. The molecular weight excluding hydrogens is 465 g/mol. The molecule has 0 spiro atoms. The predicted molar refractivity (Wildman–Crippen MR) is 125 cm³/mol. The van der Waals surface area contributed by atoms with Gasteiger partial charge >= 0.3 is 6.09 Å². The highest BCUT2D eigenvalue weighted by Gasteiger charge is 2.33. The molecule has 2 aliphatic rings. The topological polar surface area (TPSA) is 120 Å². The largest absolute Gasteiger partial charge is 0.442 e. The second kappa shape index (κ2) is 10.3. The molecule has 11 nitrogen and oxygen atoms in total. The van der Waals surface area contributed by atoms with Gasteiger partial charge in [0.25, 0.3) is 0 Å². The number of amides is 3. The molecule has 0 bridgehead atoms. The van der Waals surface area contributed by atoms with E-state index in [9.17, 15) is 18.8 Å². The summed E-state index contributed by atoms with van der Waals surface area (Å²) in [5.41, 5.74) is 0.846. The lowest BCUT2D eigenvalue weighted by Crippen LogP contribution is -2.49. The third-order valence-electron chi connectivity index (χ3n) is 5.55. The van der Waals surface area contributed by atoms with Gasteiger partial charge < -0.3 is 15.0 Å². The van der Waals surface area contributed by atoms with E-state index in [1.165, 1.54) is 29.2 Å². The summed E-state index contributed by atoms with van der Waals surface area (Å²) in [7, 11) is 0. The minimum absolute atomic E-state index is 0.158. The first-order valence-electron chi connectivity index (χ1n) is 10.9. The maximum Gasteiger partial charge on any atom is 0.414 e. The number of benzene rings is 1. The van der Waals surface area contributed by atoms with Crippen LogP contribution in [0.4, 0.5) is 25.7 Å². The quantitative estimate of drug-likeness (QED) is 0.593. The average Bonchev–Trinajstić information content (AvgIpc) is 3.37. The number of anilines is 3. The van der Waals surface area contributed by atoms with Gasteiger partial charge in [-0.2, -0.15) is 0 Å². The number of aromatic nitrogens is 2. The molecule has 0 aliphatic carbocycles. The van der Waals surface area contributed by atoms with Gasteiger partial charge in [0.1, 0.15) is 16.9 Å². The summed E-state index contributed by atoms with van der Waals surface area (Å²) in [6.45, 7) is 6.21. The van der Waals surface area contributed by atoms with Gasteiger partial charge in [-0.05, 0) is 25.1 Å². The number of aryl methyl sites for hydroxylation is 1. The van der Waals surface area contributed by atoms with E-state index in [-0.39, 0.29) is 31.4 Å². The molecule has 2 fully saturated rings. The van der Waals surface area contributed by atoms with Crippen LogP contribution >= 0.6 is 11.3 Å². The summed E-state index contributed by atoms with van der Waals surface area (Å²) in [6, 6.07) is 4.66. The number of piperazine rings is 1. The molecule has 3 amide bonds. The van der Waals surface area contributed by atoms with Crippen molar-refractivity contribution < 1.29 is 23.5 Å². The van der Waals surface area contributed by atoms with Crippen molar-refractivity contribution >= 4 is 45.8 Å². The Morgan fingerprint density at radius 3 is 2.65 bits per heavy atom. The van der Waals surface area contributed by atoms with E-state index < -0.39 is 18.0 Å². The molecule has 2 aromatic rings. The van der Waals surface area contributed by atoms with E-state index in [1.54, 1.807) is 12.1 Å². The fourth-order valence-corrected chi connectivity index (χ4v) is 4.48. The number of nitrogens with zero attached hydrogens (tertiary/aromatic N) is 5. The van der Waals surface area contributed by atoms with Gasteiger partial charge in [0.05, 0.1) is 31.0 Å².